The van der Waals surface area contributed by atoms with Crippen LogP contribution in [0.2, 0.25) is 0 Å². The lowest BCUT2D eigenvalue weighted by Gasteiger charge is -2.22. The van der Waals surface area contributed by atoms with Crippen LogP contribution in [0, 0.1) is 0 Å². The first kappa shape index (κ1) is 32.4. The lowest BCUT2D eigenvalue weighted by Crippen LogP contribution is -2.14. The quantitative estimate of drug-likeness (QED) is 0.167. The molecule has 2 N–H and O–H groups in total. The Bertz CT molecular complexity index is 2700. The fraction of sp³-hybridized carbons (Fsp3) is 0.0784. The molecule has 0 unspecified atom stereocenters. The zero-order chi connectivity index (χ0) is 35.9. The number of rotatable bonds is 7. The van der Waals surface area contributed by atoms with E-state index in [9.17, 15) is 0 Å². The van der Waals surface area contributed by atoms with E-state index in [-0.39, 0.29) is 5.41 Å². The first-order chi connectivity index (χ1) is 25.9. The Morgan fingerprint density at radius 1 is 0.528 bits per heavy atom. The molecule has 1 aliphatic rings. The van der Waals surface area contributed by atoms with Gasteiger partial charge in [-0.1, -0.05) is 172 Å². The Kier molecular flexibility index (Phi) is 8.09. The van der Waals surface area contributed by atoms with Gasteiger partial charge in [0, 0.05) is 16.7 Å². The van der Waals surface area contributed by atoms with Gasteiger partial charge in [-0.15, -0.1) is 0 Å². The molecule has 0 amide bonds. The minimum absolute atomic E-state index is 0.0407. The summed E-state index contributed by atoms with van der Waals surface area (Å²) in [5.74, 6) is 0. The summed E-state index contributed by atoms with van der Waals surface area (Å²) in [6.45, 7) is 5.28. The maximum absolute atomic E-state index is 6.93. The van der Waals surface area contributed by atoms with E-state index in [2.05, 4.69) is 153 Å². The number of aliphatic imine (C=N–C) groups is 1. The number of nitrogens with zero attached hydrogens (tertiary/aromatic N) is 1. The number of benzene rings is 8. The normalized spacial score (nSPS) is 13.6. The van der Waals surface area contributed by atoms with Crippen LogP contribution in [0.15, 0.2) is 187 Å². The largest absolute Gasteiger partial charge is 0.398 e. The van der Waals surface area contributed by atoms with Crippen LogP contribution < -0.4 is 5.73 Å². The molecule has 1 aliphatic carbocycles. The van der Waals surface area contributed by atoms with E-state index in [1.165, 1.54) is 60.7 Å². The van der Waals surface area contributed by atoms with Crippen LogP contribution in [0.5, 0.6) is 0 Å². The van der Waals surface area contributed by atoms with Crippen LogP contribution in [0.4, 0.5) is 0 Å². The number of nitrogens with two attached hydrogens (primary N) is 1. The predicted molar refractivity (Wildman–Crippen MR) is 225 cm³/mol. The summed E-state index contributed by atoms with van der Waals surface area (Å²) in [7, 11) is 0. The third kappa shape index (κ3) is 5.93. The zero-order valence-corrected chi connectivity index (χ0v) is 30.1. The number of allylic oxidation sites excluding steroid dienone is 1. The second-order valence-corrected chi connectivity index (χ2v) is 14.6. The van der Waals surface area contributed by atoms with Gasteiger partial charge in [0.25, 0.3) is 0 Å². The highest BCUT2D eigenvalue weighted by atomic mass is 14.7. The number of hydrogen-bond acceptors (Lipinski definition) is 2. The molecular formula is C51H40N2. The summed E-state index contributed by atoms with van der Waals surface area (Å²) in [5, 5.41) is 4.87. The molecule has 9 rings (SSSR count). The molecule has 0 aliphatic heterocycles. The van der Waals surface area contributed by atoms with Crippen molar-refractivity contribution in [2.45, 2.75) is 25.8 Å². The standard InChI is InChI=1S/C51H40N2/c1-51(2)47-28-25-40(30-45(47)46-29-38-17-9-10-18-39(38)31-48(46)51)35-21-23-36(24-22-35)41-26-27-44(43-20-12-11-19-42(41)43)49(52)32-50(37-15-7-4-8-16-37)53-33-34-13-5-3-6-14-34/h3-32H,33,52H2,1-2H3/b49-32-,53-50?. The first-order valence-electron chi connectivity index (χ1n) is 18.4. The van der Waals surface area contributed by atoms with Crippen LogP contribution in [-0.4, -0.2) is 5.71 Å². The highest BCUT2D eigenvalue weighted by molar-refractivity contribution is 6.13. The maximum atomic E-state index is 6.93. The molecule has 0 radical (unpaired) electrons. The third-order valence-corrected chi connectivity index (χ3v) is 10.9. The highest BCUT2D eigenvalue weighted by Crippen LogP contribution is 2.51. The summed E-state index contributed by atoms with van der Waals surface area (Å²) in [5.41, 5.74) is 21.9. The van der Waals surface area contributed by atoms with Crippen molar-refractivity contribution in [3.05, 3.63) is 210 Å². The van der Waals surface area contributed by atoms with Crippen molar-refractivity contribution >= 4 is 33.0 Å². The van der Waals surface area contributed by atoms with Crippen molar-refractivity contribution in [2.75, 3.05) is 0 Å². The zero-order valence-electron chi connectivity index (χ0n) is 30.1. The summed E-state index contributed by atoms with van der Waals surface area (Å²) < 4.78 is 0. The molecule has 0 atom stereocenters. The summed E-state index contributed by atoms with van der Waals surface area (Å²) >= 11 is 0. The molecule has 254 valence electrons. The molecule has 0 saturated heterocycles. The lowest BCUT2D eigenvalue weighted by molar-refractivity contribution is 0.661. The van der Waals surface area contributed by atoms with Crippen molar-refractivity contribution < 1.29 is 0 Å². The van der Waals surface area contributed by atoms with E-state index < -0.39 is 0 Å². The van der Waals surface area contributed by atoms with Crippen molar-refractivity contribution in [3.63, 3.8) is 0 Å². The Morgan fingerprint density at radius 2 is 1.13 bits per heavy atom. The van der Waals surface area contributed by atoms with Crippen LogP contribution >= 0.6 is 0 Å². The van der Waals surface area contributed by atoms with Crippen molar-refractivity contribution in [1.29, 1.82) is 0 Å². The van der Waals surface area contributed by atoms with Gasteiger partial charge in [-0.25, -0.2) is 0 Å². The average molecular weight is 681 g/mol. The molecule has 0 saturated carbocycles. The molecule has 2 heteroatoms. The average Bonchev–Trinajstić information content (AvgIpc) is 3.43. The fourth-order valence-corrected chi connectivity index (χ4v) is 8.08. The Hall–Kier alpha value is -6.51. The lowest BCUT2D eigenvalue weighted by atomic mass is 9.81. The number of fused-ring (bicyclic) bond motifs is 5. The maximum Gasteiger partial charge on any atom is 0.0671 e. The topological polar surface area (TPSA) is 38.4 Å². The van der Waals surface area contributed by atoms with E-state index in [4.69, 9.17) is 10.7 Å². The Morgan fingerprint density at radius 3 is 1.89 bits per heavy atom. The molecule has 0 spiro atoms. The monoisotopic (exact) mass is 680 g/mol. The van der Waals surface area contributed by atoms with Gasteiger partial charge in [0.2, 0.25) is 0 Å². The molecule has 0 fully saturated rings. The van der Waals surface area contributed by atoms with E-state index in [1.54, 1.807) is 0 Å². The van der Waals surface area contributed by atoms with Gasteiger partial charge in [0.15, 0.2) is 0 Å². The molecule has 2 nitrogen and oxygen atoms in total. The summed E-state index contributed by atoms with van der Waals surface area (Å²) in [6.07, 6.45) is 2.02. The minimum Gasteiger partial charge on any atom is -0.398 e. The second kappa shape index (κ2) is 13.2. The Balaban J connectivity index is 1.05. The van der Waals surface area contributed by atoms with Crippen LogP contribution in [0.1, 0.15) is 41.7 Å². The van der Waals surface area contributed by atoms with E-state index in [1.807, 2.05) is 42.5 Å². The van der Waals surface area contributed by atoms with Gasteiger partial charge >= 0.3 is 0 Å². The van der Waals surface area contributed by atoms with E-state index in [0.29, 0.717) is 12.2 Å². The van der Waals surface area contributed by atoms with Crippen molar-refractivity contribution in [3.8, 4) is 33.4 Å². The molecule has 0 heterocycles. The summed E-state index contributed by atoms with van der Waals surface area (Å²) in [4.78, 5) is 5.02. The molecule has 8 aromatic carbocycles. The van der Waals surface area contributed by atoms with Crippen LogP contribution in [0.25, 0.3) is 60.6 Å². The smallest absolute Gasteiger partial charge is 0.0671 e. The van der Waals surface area contributed by atoms with Crippen molar-refractivity contribution in [1.82, 2.24) is 0 Å². The van der Waals surface area contributed by atoms with Gasteiger partial charge in [-0.3, -0.25) is 4.99 Å². The van der Waals surface area contributed by atoms with Gasteiger partial charge in [0.05, 0.1) is 12.3 Å². The SMILES string of the molecule is CC1(C)c2ccc(-c3ccc(-c4ccc(/C(N)=C/C(=NCc5ccccc5)c5ccccc5)c5ccccc45)cc3)cc2-c2cc3ccccc3cc21. The number of hydrogen-bond donors (Lipinski definition) is 1. The van der Waals surface area contributed by atoms with Gasteiger partial charge in [0.1, 0.15) is 0 Å². The van der Waals surface area contributed by atoms with E-state index >= 15 is 0 Å². The predicted octanol–water partition coefficient (Wildman–Crippen LogP) is 12.6. The second-order valence-electron chi connectivity index (χ2n) is 14.6. The summed E-state index contributed by atoms with van der Waals surface area (Å²) in [6, 6.07) is 63.0. The first-order valence-corrected chi connectivity index (χ1v) is 18.4. The highest BCUT2D eigenvalue weighted by Gasteiger charge is 2.35. The van der Waals surface area contributed by atoms with Gasteiger partial charge < -0.3 is 5.73 Å². The van der Waals surface area contributed by atoms with E-state index in [0.717, 1.165) is 27.8 Å². The molecule has 0 aromatic heterocycles. The fourth-order valence-electron chi connectivity index (χ4n) is 8.08. The molecule has 8 aromatic rings. The third-order valence-electron chi connectivity index (χ3n) is 10.9. The Labute approximate surface area is 311 Å². The van der Waals surface area contributed by atoms with Gasteiger partial charge in [-0.2, -0.15) is 0 Å². The molecule has 0 bridgehead atoms. The molecular weight excluding hydrogens is 641 g/mol. The van der Waals surface area contributed by atoms with Gasteiger partial charge in [-0.05, 0) is 101 Å². The van der Waals surface area contributed by atoms with Crippen LogP contribution in [-0.2, 0) is 12.0 Å². The van der Waals surface area contributed by atoms with Crippen LogP contribution in [0.3, 0.4) is 0 Å². The molecule has 53 heavy (non-hydrogen) atoms. The van der Waals surface area contributed by atoms with Crippen molar-refractivity contribution in [2.24, 2.45) is 10.7 Å². The minimum atomic E-state index is -0.0407.